The van der Waals surface area contributed by atoms with Crippen LogP contribution in [0.2, 0.25) is 0 Å². The number of amides is 1. The number of anilines is 1. The summed E-state index contributed by atoms with van der Waals surface area (Å²) in [5.41, 5.74) is 7.26. The van der Waals surface area contributed by atoms with Crippen LogP contribution in [0.5, 0.6) is 0 Å². The molecule has 0 spiro atoms. The standard InChI is InChI=1S/C15H14BrN3O2/c1-19(15(20)10-6-8-11(16)9-7-10)13-5-3-2-4-12(13)14(17)18-21/h2-9,21H,1H3,(H2,17,18). The molecule has 0 radical (unpaired) electrons. The lowest BCUT2D eigenvalue weighted by atomic mass is 10.1. The van der Waals surface area contributed by atoms with Crippen LogP contribution in [-0.4, -0.2) is 24.0 Å². The Bertz CT molecular complexity index is 684. The van der Waals surface area contributed by atoms with Gasteiger partial charge in [0.2, 0.25) is 0 Å². The van der Waals surface area contributed by atoms with E-state index in [0.717, 1.165) is 4.47 Å². The van der Waals surface area contributed by atoms with E-state index < -0.39 is 0 Å². The topological polar surface area (TPSA) is 78.9 Å². The molecule has 2 aromatic rings. The highest BCUT2D eigenvalue weighted by Crippen LogP contribution is 2.21. The quantitative estimate of drug-likeness (QED) is 0.387. The molecule has 0 atom stereocenters. The molecule has 0 aliphatic rings. The van der Waals surface area contributed by atoms with Crippen LogP contribution in [0, 0.1) is 0 Å². The molecule has 108 valence electrons. The number of carbonyl (C=O) groups excluding carboxylic acids is 1. The van der Waals surface area contributed by atoms with Crippen molar-refractivity contribution in [3.8, 4) is 0 Å². The lowest BCUT2D eigenvalue weighted by Gasteiger charge is -2.20. The van der Waals surface area contributed by atoms with Crippen molar-refractivity contribution in [2.75, 3.05) is 11.9 Å². The molecular weight excluding hydrogens is 334 g/mol. The normalized spacial score (nSPS) is 11.2. The SMILES string of the molecule is CN(C(=O)c1ccc(Br)cc1)c1ccccc1/C(N)=N/O. The van der Waals surface area contributed by atoms with Crippen LogP contribution in [0.4, 0.5) is 5.69 Å². The molecule has 0 aliphatic carbocycles. The number of para-hydroxylation sites is 1. The number of hydrogen-bond acceptors (Lipinski definition) is 3. The third-order valence-electron chi connectivity index (χ3n) is 3.04. The van der Waals surface area contributed by atoms with Crippen LogP contribution in [0.25, 0.3) is 0 Å². The molecule has 21 heavy (non-hydrogen) atoms. The predicted octanol–water partition coefficient (Wildman–Crippen LogP) is 2.82. The number of oxime groups is 1. The van der Waals surface area contributed by atoms with E-state index in [2.05, 4.69) is 21.1 Å². The van der Waals surface area contributed by atoms with Gasteiger partial charge < -0.3 is 15.8 Å². The van der Waals surface area contributed by atoms with E-state index in [0.29, 0.717) is 16.8 Å². The van der Waals surface area contributed by atoms with Gasteiger partial charge in [-0.25, -0.2) is 0 Å². The van der Waals surface area contributed by atoms with E-state index in [1.54, 1.807) is 55.6 Å². The summed E-state index contributed by atoms with van der Waals surface area (Å²) in [6, 6.07) is 14.0. The lowest BCUT2D eigenvalue weighted by Crippen LogP contribution is -2.29. The van der Waals surface area contributed by atoms with Gasteiger partial charge in [0, 0.05) is 22.6 Å². The van der Waals surface area contributed by atoms with Crippen molar-refractivity contribution in [1.82, 2.24) is 0 Å². The lowest BCUT2D eigenvalue weighted by molar-refractivity contribution is 0.0993. The van der Waals surface area contributed by atoms with Crippen LogP contribution in [0.15, 0.2) is 58.2 Å². The van der Waals surface area contributed by atoms with Crippen molar-refractivity contribution in [3.63, 3.8) is 0 Å². The number of hydrogen-bond donors (Lipinski definition) is 2. The van der Waals surface area contributed by atoms with Gasteiger partial charge in [-0.05, 0) is 36.4 Å². The minimum Gasteiger partial charge on any atom is -0.409 e. The van der Waals surface area contributed by atoms with Gasteiger partial charge in [0.25, 0.3) is 5.91 Å². The fourth-order valence-electron chi connectivity index (χ4n) is 1.93. The fraction of sp³-hybridized carbons (Fsp3) is 0.0667. The zero-order valence-electron chi connectivity index (χ0n) is 11.3. The van der Waals surface area contributed by atoms with Gasteiger partial charge >= 0.3 is 0 Å². The summed E-state index contributed by atoms with van der Waals surface area (Å²) in [6.07, 6.45) is 0. The van der Waals surface area contributed by atoms with Crippen molar-refractivity contribution in [2.24, 2.45) is 10.9 Å². The number of rotatable bonds is 3. The summed E-state index contributed by atoms with van der Waals surface area (Å²) in [5.74, 6) is -0.221. The predicted molar refractivity (Wildman–Crippen MR) is 85.8 cm³/mol. The first-order valence-corrected chi connectivity index (χ1v) is 6.94. The molecule has 6 heteroatoms. The van der Waals surface area contributed by atoms with Crippen LogP contribution < -0.4 is 10.6 Å². The Labute approximate surface area is 130 Å². The van der Waals surface area contributed by atoms with Gasteiger partial charge in [-0.1, -0.05) is 33.2 Å². The monoisotopic (exact) mass is 347 g/mol. The molecule has 0 saturated carbocycles. The second-order valence-corrected chi connectivity index (χ2v) is 5.29. The molecule has 1 amide bonds. The van der Waals surface area contributed by atoms with E-state index in [1.165, 1.54) is 4.90 Å². The first kappa shape index (κ1) is 15.1. The van der Waals surface area contributed by atoms with Crippen LogP contribution in [0.3, 0.4) is 0 Å². The molecule has 0 fully saturated rings. The largest absolute Gasteiger partial charge is 0.409 e. The average molecular weight is 348 g/mol. The maximum atomic E-state index is 12.5. The summed E-state index contributed by atoms with van der Waals surface area (Å²) in [7, 11) is 1.65. The number of nitrogens with zero attached hydrogens (tertiary/aromatic N) is 2. The van der Waals surface area contributed by atoms with Gasteiger partial charge in [0.05, 0.1) is 5.69 Å². The van der Waals surface area contributed by atoms with Crippen molar-refractivity contribution in [3.05, 3.63) is 64.1 Å². The summed E-state index contributed by atoms with van der Waals surface area (Å²) in [4.78, 5) is 14.0. The molecule has 0 aliphatic heterocycles. The molecule has 0 bridgehead atoms. The van der Waals surface area contributed by atoms with Crippen LogP contribution >= 0.6 is 15.9 Å². The molecule has 0 heterocycles. The van der Waals surface area contributed by atoms with E-state index in [1.807, 2.05) is 0 Å². The average Bonchev–Trinajstić information content (AvgIpc) is 2.53. The Morgan fingerprint density at radius 3 is 2.43 bits per heavy atom. The van der Waals surface area contributed by atoms with Gasteiger partial charge in [-0.2, -0.15) is 0 Å². The van der Waals surface area contributed by atoms with Gasteiger partial charge in [0.1, 0.15) is 0 Å². The summed E-state index contributed by atoms with van der Waals surface area (Å²) in [6.45, 7) is 0. The number of carbonyl (C=O) groups is 1. The third kappa shape index (κ3) is 3.22. The Morgan fingerprint density at radius 1 is 1.19 bits per heavy atom. The molecule has 3 N–H and O–H groups in total. The Balaban J connectivity index is 2.38. The fourth-order valence-corrected chi connectivity index (χ4v) is 2.20. The van der Waals surface area contributed by atoms with Gasteiger partial charge in [0.15, 0.2) is 5.84 Å². The van der Waals surface area contributed by atoms with E-state index in [-0.39, 0.29) is 11.7 Å². The van der Waals surface area contributed by atoms with Crippen molar-refractivity contribution < 1.29 is 10.0 Å². The molecule has 2 aromatic carbocycles. The van der Waals surface area contributed by atoms with Crippen LogP contribution in [0.1, 0.15) is 15.9 Å². The number of benzene rings is 2. The molecule has 0 aromatic heterocycles. The summed E-state index contributed by atoms with van der Waals surface area (Å²) in [5, 5.41) is 11.8. The molecule has 0 saturated heterocycles. The third-order valence-corrected chi connectivity index (χ3v) is 3.57. The second-order valence-electron chi connectivity index (χ2n) is 4.37. The highest BCUT2D eigenvalue weighted by molar-refractivity contribution is 9.10. The smallest absolute Gasteiger partial charge is 0.258 e. The van der Waals surface area contributed by atoms with Crippen molar-refractivity contribution in [2.45, 2.75) is 0 Å². The number of amidine groups is 1. The number of halogens is 1. The Morgan fingerprint density at radius 2 is 1.81 bits per heavy atom. The molecular formula is C15H14BrN3O2. The van der Waals surface area contributed by atoms with Crippen molar-refractivity contribution in [1.29, 1.82) is 0 Å². The highest BCUT2D eigenvalue weighted by atomic mass is 79.9. The maximum Gasteiger partial charge on any atom is 0.258 e. The Hall–Kier alpha value is -2.34. The summed E-state index contributed by atoms with van der Waals surface area (Å²) < 4.78 is 0.902. The van der Waals surface area contributed by atoms with Gasteiger partial charge in [-0.15, -0.1) is 0 Å². The summed E-state index contributed by atoms with van der Waals surface area (Å²) >= 11 is 3.33. The van der Waals surface area contributed by atoms with Crippen molar-refractivity contribution >= 4 is 33.4 Å². The first-order chi connectivity index (χ1) is 10.0. The second kappa shape index (κ2) is 6.41. The minimum absolute atomic E-state index is 0.0407. The van der Waals surface area contributed by atoms with E-state index in [9.17, 15) is 4.79 Å². The molecule has 5 nitrogen and oxygen atoms in total. The van der Waals surface area contributed by atoms with Crippen LogP contribution in [-0.2, 0) is 0 Å². The number of nitrogens with two attached hydrogens (primary N) is 1. The van der Waals surface area contributed by atoms with E-state index >= 15 is 0 Å². The minimum atomic E-state index is -0.180. The van der Waals surface area contributed by atoms with E-state index in [4.69, 9.17) is 10.9 Å². The zero-order valence-corrected chi connectivity index (χ0v) is 12.9. The zero-order chi connectivity index (χ0) is 15.4. The Kier molecular flexibility index (Phi) is 4.59. The molecule has 0 unspecified atom stereocenters. The van der Waals surface area contributed by atoms with Gasteiger partial charge in [-0.3, -0.25) is 4.79 Å². The molecule has 2 rings (SSSR count). The first-order valence-electron chi connectivity index (χ1n) is 6.15. The highest BCUT2D eigenvalue weighted by Gasteiger charge is 2.17. The maximum absolute atomic E-state index is 12.5.